The average Bonchev–Trinajstić information content (AvgIpc) is 3.13. The van der Waals surface area contributed by atoms with Crippen molar-refractivity contribution in [2.45, 2.75) is 24.7 Å². The van der Waals surface area contributed by atoms with Gasteiger partial charge in [0.25, 0.3) is 0 Å². The van der Waals surface area contributed by atoms with Gasteiger partial charge >= 0.3 is 0 Å². The van der Waals surface area contributed by atoms with Crippen molar-refractivity contribution in [1.29, 1.82) is 0 Å². The molecule has 6 nitrogen and oxygen atoms in total. The topological polar surface area (TPSA) is 69.0 Å². The maximum Gasteiger partial charge on any atom is 0.234 e. The van der Waals surface area contributed by atoms with Crippen molar-refractivity contribution >= 4 is 58.2 Å². The van der Waals surface area contributed by atoms with Crippen molar-refractivity contribution in [2.75, 3.05) is 11.1 Å². The molecule has 1 N–H and O–H groups in total. The van der Waals surface area contributed by atoms with Gasteiger partial charge in [-0.05, 0) is 43.3 Å². The van der Waals surface area contributed by atoms with Crippen LogP contribution in [0, 0.1) is 5.82 Å². The molecule has 0 saturated carbocycles. The van der Waals surface area contributed by atoms with E-state index >= 15 is 0 Å². The Hall–Kier alpha value is -2.26. The third kappa shape index (κ3) is 6.16. The van der Waals surface area contributed by atoms with E-state index < -0.39 is 11.9 Å². The Morgan fingerprint density at radius 3 is 2.72 bits per heavy atom. The highest BCUT2D eigenvalue weighted by molar-refractivity contribution is 7.99. The van der Waals surface area contributed by atoms with Gasteiger partial charge in [0.2, 0.25) is 5.91 Å². The maximum atomic E-state index is 13.3. The molecule has 0 aliphatic carbocycles. The van der Waals surface area contributed by atoms with E-state index in [2.05, 4.69) is 22.1 Å². The van der Waals surface area contributed by atoms with E-state index in [-0.39, 0.29) is 16.7 Å². The number of aromatic nitrogens is 3. The standard InChI is InChI=1S/C21H18Cl3FN4O2S/c1-3-8-29-20(12(2)31-18-7-5-14(25)10-16(18)24)27-28-21(29)32-11-19(30)26-17-6-4-13(22)9-15(17)23/h3-7,9-10,12H,1,8,11H2,2H3,(H,26,30). The number of amides is 1. The summed E-state index contributed by atoms with van der Waals surface area (Å²) in [6.45, 7) is 5.93. The first kappa shape index (κ1) is 24.4. The van der Waals surface area contributed by atoms with E-state index in [1.807, 2.05) is 0 Å². The zero-order chi connectivity index (χ0) is 23.3. The number of ether oxygens (including phenoxy) is 1. The van der Waals surface area contributed by atoms with Gasteiger partial charge in [0.1, 0.15) is 11.6 Å². The number of rotatable bonds is 9. The van der Waals surface area contributed by atoms with E-state index in [1.165, 1.54) is 30.0 Å². The lowest BCUT2D eigenvalue weighted by atomic mass is 10.3. The molecule has 0 radical (unpaired) electrons. The molecule has 1 heterocycles. The highest BCUT2D eigenvalue weighted by Crippen LogP contribution is 2.30. The zero-order valence-electron chi connectivity index (χ0n) is 16.8. The normalized spacial score (nSPS) is 11.8. The Labute approximate surface area is 203 Å². The van der Waals surface area contributed by atoms with Crippen LogP contribution in [0.5, 0.6) is 5.75 Å². The Bertz CT molecular complexity index is 1140. The molecule has 168 valence electrons. The molecule has 2 aromatic carbocycles. The fourth-order valence-electron chi connectivity index (χ4n) is 2.73. The Morgan fingerprint density at radius 1 is 1.25 bits per heavy atom. The summed E-state index contributed by atoms with van der Waals surface area (Å²) in [5, 5.41) is 12.6. The zero-order valence-corrected chi connectivity index (χ0v) is 19.9. The second-order valence-electron chi connectivity index (χ2n) is 6.54. The Morgan fingerprint density at radius 2 is 2.03 bits per heavy atom. The van der Waals surface area contributed by atoms with Crippen molar-refractivity contribution in [3.05, 3.63) is 75.8 Å². The summed E-state index contributed by atoms with van der Waals surface area (Å²) in [6.07, 6.45) is 1.14. The molecular weight excluding hydrogens is 498 g/mol. The van der Waals surface area contributed by atoms with Crippen molar-refractivity contribution in [2.24, 2.45) is 0 Å². The predicted octanol–water partition coefficient (Wildman–Crippen LogP) is 6.43. The molecule has 0 aliphatic rings. The summed E-state index contributed by atoms with van der Waals surface area (Å²) in [4.78, 5) is 12.4. The van der Waals surface area contributed by atoms with E-state index in [9.17, 15) is 9.18 Å². The fourth-order valence-corrected chi connectivity index (χ4v) is 4.15. The number of carbonyl (C=O) groups is 1. The third-order valence-electron chi connectivity index (χ3n) is 4.16. The summed E-state index contributed by atoms with van der Waals surface area (Å²) in [5.41, 5.74) is 0.466. The van der Waals surface area contributed by atoms with E-state index in [0.29, 0.717) is 39.0 Å². The molecule has 3 rings (SSSR count). The Kier molecular flexibility index (Phi) is 8.42. The van der Waals surface area contributed by atoms with Gasteiger partial charge in [-0.15, -0.1) is 16.8 Å². The number of anilines is 1. The van der Waals surface area contributed by atoms with Gasteiger partial charge in [-0.25, -0.2) is 4.39 Å². The molecule has 0 spiro atoms. The van der Waals surface area contributed by atoms with Crippen LogP contribution >= 0.6 is 46.6 Å². The minimum absolute atomic E-state index is 0.0766. The molecule has 1 amide bonds. The first-order valence-corrected chi connectivity index (χ1v) is 11.4. The average molecular weight is 516 g/mol. The van der Waals surface area contributed by atoms with Crippen LogP contribution in [0.25, 0.3) is 0 Å². The lowest BCUT2D eigenvalue weighted by Gasteiger charge is -2.16. The number of hydrogen-bond donors (Lipinski definition) is 1. The number of carbonyl (C=O) groups excluding carboxylic acids is 1. The van der Waals surface area contributed by atoms with Gasteiger partial charge in [0, 0.05) is 11.6 Å². The number of benzene rings is 2. The molecular formula is C21H18Cl3FN4O2S. The Balaban J connectivity index is 1.69. The largest absolute Gasteiger partial charge is 0.481 e. The first-order chi connectivity index (χ1) is 15.3. The van der Waals surface area contributed by atoms with Gasteiger partial charge in [0.15, 0.2) is 17.1 Å². The summed E-state index contributed by atoms with van der Waals surface area (Å²) >= 11 is 19.2. The van der Waals surface area contributed by atoms with Gasteiger partial charge in [0.05, 0.1) is 21.5 Å². The predicted molar refractivity (Wildman–Crippen MR) is 126 cm³/mol. The van der Waals surface area contributed by atoms with Crippen LogP contribution in [0.3, 0.4) is 0 Å². The van der Waals surface area contributed by atoms with E-state index in [0.717, 1.165) is 0 Å². The summed E-state index contributed by atoms with van der Waals surface area (Å²) in [7, 11) is 0. The summed E-state index contributed by atoms with van der Waals surface area (Å²) in [6, 6.07) is 8.70. The summed E-state index contributed by atoms with van der Waals surface area (Å²) < 4.78 is 20.9. The minimum atomic E-state index is -0.540. The monoisotopic (exact) mass is 514 g/mol. The number of thioether (sulfide) groups is 1. The molecule has 32 heavy (non-hydrogen) atoms. The van der Waals surface area contributed by atoms with Crippen LogP contribution in [0.2, 0.25) is 15.1 Å². The number of allylic oxidation sites excluding steroid dienone is 1. The molecule has 0 bridgehead atoms. The quantitative estimate of drug-likeness (QED) is 0.262. The van der Waals surface area contributed by atoms with Gasteiger partial charge in [-0.3, -0.25) is 9.36 Å². The van der Waals surface area contributed by atoms with Crippen molar-refractivity contribution < 1.29 is 13.9 Å². The number of hydrogen-bond acceptors (Lipinski definition) is 5. The van der Waals surface area contributed by atoms with Gasteiger partial charge < -0.3 is 10.1 Å². The second kappa shape index (κ2) is 11.0. The molecule has 0 saturated heterocycles. The molecule has 3 aromatic rings. The molecule has 11 heteroatoms. The van der Waals surface area contributed by atoms with Crippen molar-refractivity contribution in [1.82, 2.24) is 14.8 Å². The smallest absolute Gasteiger partial charge is 0.234 e. The highest BCUT2D eigenvalue weighted by atomic mass is 35.5. The van der Waals surface area contributed by atoms with Crippen molar-refractivity contribution in [3.8, 4) is 5.75 Å². The maximum absolute atomic E-state index is 13.3. The highest BCUT2D eigenvalue weighted by Gasteiger charge is 2.21. The van der Waals surface area contributed by atoms with Crippen LogP contribution in [0.1, 0.15) is 18.9 Å². The van der Waals surface area contributed by atoms with Crippen LogP contribution in [0.15, 0.2) is 54.2 Å². The minimum Gasteiger partial charge on any atom is -0.481 e. The molecule has 0 fully saturated rings. The number of halogens is 4. The number of nitrogens with zero attached hydrogens (tertiary/aromatic N) is 3. The third-order valence-corrected chi connectivity index (χ3v) is 5.97. The van der Waals surface area contributed by atoms with E-state index in [1.54, 1.807) is 35.8 Å². The fraction of sp³-hybridized carbons (Fsp3) is 0.190. The molecule has 1 aromatic heterocycles. The second-order valence-corrected chi connectivity index (χ2v) is 8.73. The first-order valence-electron chi connectivity index (χ1n) is 9.32. The lowest BCUT2D eigenvalue weighted by molar-refractivity contribution is -0.113. The summed E-state index contributed by atoms with van der Waals surface area (Å²) in [5.74, 6) is 0.182. The van der Waals surface area contributed by atoms with Gasteiger partial charge in [-0.2, -0.15) is 0 Å². The van der Waals surface area contributed by atoms with Gasteiger partial charge in [-0.1, -0.05) is 52.6 Å². The van der Waals surface area contributed by atoms with Crippen LogP contribution in [0.4, 0.5) is 10.1 Å². The van der Waals surface area contributed by atoms with Crippen molar-refractivity contribution in [3.63, 3.8) is 0 Å². The van der Waals surface area contributed by atoms with Crippen LogP contribution in [-0.4, -0.2) is 26.4 Å². The number of nitrogens with one attached hydrogen (secondary N) is 1. The molecule has 1 unspecified atom stereocenters. The SMILES string of the molecule is C=CCn1c(SCC(=O)Nc2ccc(Cl)cc2Cl)nnc1C(C)Oc1ccc(F)cc1Cl. The lowest BCUT2D eigenvalue weighted by Crippen LogP contribution is -2.16. The van der Waals surface area contributed by atoms with E-state index in [4.69, 9.17) is 39.5 Å². The van der Waals surface area contributed by atoms with Crippen LogP contribution < -0.4 is 10.1 Å². The molecule has 0 aliphatic heterocycles. The molecule has 1 atom stereocenters. The van der Waals surface area contributed by atoms with Crippen LogP contribution in [-0.2, 0) is 11.3 Å².